The molecule has 1 saturated heterocycles. The quantitative estimate of drug-likeness (QED) is 0.342. The topological polar surface area (TPSA) is 132 Å². The van der Waals surface area contributed by atoms with E-state index < -0.39 is 30.6 Å². The largest absolute Gasteiger partial charge is 0.394 e. The lowest BCUT2D eigenvalue weighted by molar-refractivity contribution is -0.212. The second-order valence-electron chi connectivity index (χ2n) is 3.71. The van der Waals surface area contributed by atoms with Crippen molar-refractivity contribution < 1.29 is 24.9 Å². The molecule has 98 valence electrons. The Labute approximate surface area is 96.9 Å². The molecule has 0 aliphatic carbocycles. The van der Waals surface area contributed by atoms with Gasteiger partial charge < -0.3 is 25.4 Å². The van der Waals surface area contributed by atoms with E-state index in [0.717, 1.165) is 7.05 Å². The van der Waals surface area contributed by atoms with Gasteiger partial charge in [0.15, 0.2) is 6.29 Å². The molecule has 17 heavy (non-hydrogen) atoms. The van der Waals surface area contributed by atoms with Crippen LogP contribution in [0.4, 0.5) is 4.79 Å². The summed E-state index contributed by atoms with van der Waals surface area (Å²) in [6, 6.07) is -1.94. The number of hydrogen-bond acceptors (Lipinski definition) is 7. The van der Waals surface area contributed by atoms with E-state index in [2.05, 4.69) is 10.6 Å². The number of urea groups is 1. The van der Waals surface area contributed by atoms with Gasteiger partial charge >= 0.3 is 6.03 Å². The predicted molar refractivity (Wildman–Crippen MR) is 54.5 cm³/mol. The first kappa shape index (κ1) is 13.8. The number of nitrogens with one attached hydrogen (secondary N) is 1. The molecule has 1 aliphatic rings. The average Bonchev–Trinajstić information content (AvgIpc) is 2.31. The number of hydrogen-bond donors (Lipinski definition) is 4. The van der Waals surface area contributed by atoms with E-state index in [0.29, 0.717) is 5.01 Å². The minimum atomic E-state index is -1.46. The van der Waals surface area contributed by atoms with Crippen LogP contribution in [0.1, 0.15) is 6.42 Å². The average molecular weight is 249 g/mol. The third-order valence-corrected chi connectivity index (χ3v) is 2.47. The van der Waals surface area contributed by atoms with E-state index in [1.807, 2.05) is 0 Å². The van der Waals surface area contributed by atoms with Gasteiger partial charge in [-0.05, 0) is 0 Å². The fraction of sp³-hybridized carbons (Fsp3) is 0.875. The maximum atomic E-state index is 11.3. The minimum Gasteiger partial charge on any atom is -0.394 e. The number of rotatable bonds is 3. The van der Waals surface area contributed by atoms with Gasteiger partial charge in [0.25, 0.3) is 0 Å². The molecule has 0 aromatic rings. The van der Waals surface area contributed by atoms with Gasteiger partial charge in [0.2, 0.25) is 0 Å². The summed E-state index contributed by atoms with van der Waals surface area (Å²) in [5.74, 6) is 0. The highest BCUT2D eigenvalue weighted by molar-refractivity contribution is 5.73. The van der Waals surface area contributed by atoms with E-state index in [4.69, 9.17) is 9.84 Å². The molecule has 4 N–H and O–H groups in total. The van der Waals surface area contributed by atoms with Crippen molar-refractivity contribution in [3.63, 3.8) is 0 Å². The Hall–Kier alpha value is -1.29. The lowest BCUT2D eigenvalue weighted by Gasteiger charge is -2.36. The van der Waals surface area contributed by atoms with Gasteiger partial charge in [-0.1, -0.05) is 0 Å². The van der Waals surface area contributed by atoms with Gasteiger partial charge in [0.1, 0.15) is 6.04 Å². The molecule has 1 aliphatic heterocycles. The highest BCUT2D eigenvalue weighted by Gasteiger charge is 2.38. The van der Waals surface area contributed by atoms with Crippen LogP contribution in [-0.2, 0) is 4.74 Å². The number of aliphatic hydroxyl groups is 3. The molecule has 1 rings (SSSR count). The molecule has 0 radical (unpaired) electrons. The van der Waals surface area contributed by atoms with Gasteiger partial charge in [0, 0.05) is 13.5 Å². The molecule has 0 aromatic carbocycles. The lowest BCUT2D eigenvalue weighted by atomic mass is 10.0. The zero-order valence-corrected chi connectivity index (χ0v) is 9.18. The van der Waals surface area contributed by atoms with Gasteiger partial charge in [0.05, 0.1) is 24.1 Å². The summed E-state index contributed by atoms with van der Waals surface area (Å²) in [4.78, 5) is 21.4. The second kappa shape index (κ2) is 5.87. The SMILES string of the molecule is CN(N=O)C(=O)N[C@H]1C(O)O[C@H](CO)C[C@@H]1O. The predicted octanol–water partition coefficient (Wildman–Crippen LogP) is -1.86. The Balaban J connectivity index is 2.59. The third kappa shape index (κ3) is 3.33. The molecule has 4 atom stereocenters. The van der Waals surface area contributed by atoms with Crippen LogP contribution in [0.15, 0.2) is 5.29 Å². The van der Waals surface area contributed by atoms with Crippen molar-refractivity contribution in [1.82, 2.24) is 10.3 Å². The van der Waals surface area contributed by atoms with E-state index >= 15 is 0 Å². The van der Waals surface area contributed by atoms with Gasteiger partial charge in [-0.15, -0.1) is 4.91 Å². The van der Waals surface area contributed by atoms with Crippen LogP contribution >= 0.6 is 0 Å². The first-order chi connectivity index (χ1) is 7.99. The smallest absolute Gasteiger partial charge is 0.340 e. The zero-order valence-electron chi connectivity index (χ0n) is 9.18. The molecular formula is C8H15N3O6. The minimum absolute atomic E-state index is 0.0662. The molecule has 9 nitrogen and oxygen atoms in total. The first-order valence-corrected chi connectivity index (χ1v) is 4.99. The fourth-order valence-electron chi connectivity index (χ4n) is 1.50. The van der Waals surface area contributed by atoms with E-state index in [1.54, 1.807) is 0 Å². The van der Waals surface area contributed by atoms with Crippen LogP contribution in [-0.4, -0.2) is 64.6 Å². The molecule has 1 heterocycles. The summed E-state index contributed by atoms with van der Waals surface area (Å²) >= 11 is 0. The first-order valence-electron chi connectivity index (χ1n) is 4.99. The Morgan fingerprint density at radius 2 is 2.24 bits per heavy atom. The Morgan fingerprint density at radius 1 is 1.59 bits per heavy atom. The van der Waals surface area contributed by atoms with Crippen LogP contribution in [0.2, 0.25) is 0 Å². The third-order valence-electron chi connectivity index (χ3n) is 2.47. The van der Waals surface area contributed by atoms with Gasteiger partial charge in [-0.2, -0.15) is 5.01 Å². The van der Waals surface area contributed by atoms with Crippen LogP contribution in [0.5, 0.6) is 0 Å². The van der Waals surface area contributed by atoms with Crippen molar-refractivity contribution in [2.75, 3.05) is 13.7 Å². The highest BCUT2D eigenvalue weighted by atomic mass is 16.6. The molecule has 9 heteroatoms. The number of nitroso groups, excluding NO2 is 1. The van der Waals surface area contributed by atoms with Crippen molar-refractivity contribution in [3.8, 4) is 0 Å². The van der Waals surface area contributed by atoms with Crippen molar-refractivity contribution in [2.24, 2.45) is 5.29 Å². The maximum Gasteiger partial charge on any atom is 0.340 e. The van der Waals surface area contributed by atoms with E-state index in [1.165, 1.54) is 0 Å². The Kier molecular flexibility index (Phi) is 4.75. The fourth-order valence-corrected chi connectivity index (χ4v) is 1.50. The number of ether oxygens (including phenoxy) is 1. The van der Waals surface area contributed by atoms with Gasteiger partial charge in [-0.3, -0.25) is 0 Å². The molecule has 0 aromatic heterocycles. The van der Waals surface area contributed by atoms with Crippen LogP contribution < -0.4 is 5.32 Å². The molecule has 0 spiro atoms. The summed E-state index contributed by atoms with van der Waals surface area (Å²) in [7, 11) is 1.13. The number of carbonyl (C=O) groups is 1. The van der Waals surface area contributed by atoms with Crippen LogP contribution in [0, 0.1) is 4.91 Å². The molecule has 2 amide bonds. The van der Waals surface area contributed by atoms with Crippen molar-refractivity contribution in [1.29, 1.82) is 0 Å². The summed E-state index contributed by atoms with van der Waals surface area (Å²) in [6.07, 6.45) is -3.16. The summed E-state index contributed by atoms with van der Waals surface area (Å²) in [6.45, 7) is -0.343. The number of amides is 2. The Morgan fingerprint density at radius 3 is 2.71 bits per heavy atom. The second-order valence-corrected chi connectivity index (χ2v) is 3.71. The number of nitrogens with zero attached hydrogens (tertiary/aromatic N) is 2. The van der Waals surface area contributed by atoms with Crippen molar-refractivity contribution in [3.05, 3.63) is 4.91 Å². The number of carbonyl (C=O) groups excluding carboxylic acids is 1. The molecular weight excluding hydrogens is 234 g/mol. The molecule has 0 saturated carbocycles. The molecule has 1 fully saturated rings. The normalized spacial score (nSPS) is 32.9. The monoisotopic (exact) mass is 249 g/mol. The molecule has 0 bridgehead atoms. The van der Waals surface area contributed by atoms with Crippen LogP contribution in [0.25, 0.3) is 0 Å². The lowest BCUT2D eigenvalue weighted by Crippen LogP contribution is -2.58. The summed E-state index contributed by atoms with van der Waals surface area (Å²) < 4.78 is 4.94. The van der Waals surface area contributed by atoms with Crippen molar-refractivity contribution in [2.45, 2.75) is 31.0 Å². The van der Waals surface area contributed by atoms with Crippen molar-refractivity contribution >= 4 is 6.03 Å². The standard InChI is InChI=1S/C8H15N3O6/c1-11(10-16)8(15)9-6-5(13)2-4(3-12)17-7(6)14/h4-7,12-14H,2-3H2,1H3,(H,9,15)/t4-,5-,6+,7?/m0/s1. The Bertz CT molecular complexity index is 276. The van der Waals surface area contributed by atoms with Gasteiger partial charge in [-0.25, -0.2) is 4.79 Å². The van der Waals surface area contributed by atoms with Crippen LogP contribution in [0.3, 0.4) is 0 Å². The highest BCUT2D eigenvalue weighted by Crippen LogP contribution is 2.18. The summed E-state index contributed by atoms with van der Waals surface area (Å²) in [5, 5.41) is 33.0. The maximum absolute atomic E-state index is 11.3. The number of aliphatic hydroxyl groups excluding tert-OH is 3. The summed E-state index contributed by atoms with van der Waals surface area (Å²) in [5.41, 5.74) is 0. The molecule has 1 unspecified atom stereocenters. The zero-order chi connectivity index (χ0) is 13.0. The van der Waals surface area contributed by atoms with E-state index in [-0.39, 0.29) is 13.0 Å². The van der Waals surface area contributed by atoms with E-state index in [9.17, 15) is 19.9 Å².